The molecule has 0 aromatic carbocycles. The van der Waals surface area contributed by atoms with E-state index in [0.29, 0.717) is 31.0 Å². The third kappa shape index (κ3) is 1.58. The Labute approximate surface area is 82.1 Å². The summed E-state index contributed by atoms with van der Waals surface area (Å²) in [6.07, 6.45) is 2.23. The van der Waals surface area contributed by atoms with Gasteiger partial charge in [-0.1, -0.05) is 0 Å². The minimum absolute atomic E-state index is 0.206. The number of likely N-dealkylation sites (tertiary alicyclic amines) is 1. The first kappa shape index (κ1) is 9.43. The molecule has 0 saturated carbocycles. The number of rotatable bonds is 3. The molecule has 1 aliphatic rings. The molecule has 76 valence electrons. The Bertz CT molecular complexity index is 339. The molecule has 1 aromatic heterocycles. The van der Waals surface area contributed by atoms with Crippen molar-refractivity contribution < 1.29 is 14.3 Å². The monoisotopic (exact) mass is 195 g/mol. The third-order valence-electron chi connectivity index (χ3n) is 2.55. The van der Waals surface area contributed by atoms with E-state index in [2.05, 4.69) is 4.90 Å². The van der Waals surface area contributed by atoms with Crippen molar-refractivity contribution in [3.63, 3.8) is 0 Å². The molecule has 0 unspecified atom stereocenters. The topological polar surface area (TPSA) is 53.7 Å². The lowest BCUT2D eigenvalue weighted by atomic mass is 10.1. The van der Waals surface area contributed by atoms with Gasteiger partial charge in [0.25, 0.3) is 0 Å². The van der Waals surface area contributed by atoms with Crippen molar-refractivity contribution in [1.82, 2.24) is 4.90 Å². The van der Waals surface area contributed by atoms with Crippen LogP contribution in [0.25, 0.3) is 0 Å². The first-order valence-electron chi connectivity index (χ1n) is 4.63. The second-order valence-corrected chi connectivity index (χ2v) is 3.70. The van der Waals surface area contributed by atoms with Crippen molar-refractivity contribution in [2.75, 3.05) is 13.1 Å². The van der Waals surface area contributed by atoms with Gasteiger partial charge in [0.2, 0.25) is 0 Å². The zero-order valence-electron chi connectivity index (χ0n) is 8.06. The molecule has 2 heterocycles. The van der Waals surface area contributed by atoms with Gasteiger partial charge in [-0.3, -0.25) is 9.69 Å². The van der Waals surface area contributed by atoms with Gasteiger partial charge in [-0.15, -0.1) is 0 Å². The number of aliphatic hydroxyl groups excluding tert-OH is 1. The Hall–Kier alpha value is -1.13. The first-order chi connectivity index (χ1) is 6.70. The van der Waals surface area contributed by atoms with Crippen LogP contribution in [0.2, 0.25) is 0 Å². The van der Waals surface area contributed by atoms with E-state index < -0.39 is 0 Å². The van der Waals surface area contributed by atoms with Crippen molar-refractivity contribution in [2.45, 2.75) is 19.6 Å². The molecule has 4 heteroatoms. The Kier molecular flexibility index (Phi) is 2.39. The summed E-state index contributed by atoms with van der Waals surface area (Å²) in [5.41, 5.74) is 1.55. The molecule has 1 aromatic rings. The predicted molar refractivity (Wildman–Crippen MR) is 50.1 cm³/mol. The highest BCUT2D eigenvalue weighted by Gasteiger charge is 2.25. The van der Waals surface area contributed by atoms with Crippen LogP contribution in [0.4, 0.5) is 0 Å². The van der Waals surface area contributed by atoms with Crippen LogP contribution in [-0.2, 0) is 6.54 Å². The summed E-state index contributed by atoms with van der Waals surface area (Å²) in [6.45, 7) is 3.83. The summed E-state index contributed by atoms with van der Waals surface area (Å²) in [5, 5.41) is 9.09. The zero-order chi connectivity index (χ0) is 10.1. The number of aldehydes is 1. The quantitative estimate of drug-likeness (QED) is 0.717. The number of hydrogen-bond acceptors (Lipinski definition) is 4. The minimum atomic E-state index is -0.206. The molecule has 1 aliphatic heterocycles. The van der Waals surface area contributed by atoms with Crippen molar-refractivity contribution in [1.29, 1.82) is 0 Å². The fourth-order valence-corrected chi connectivity index (χ4v) is 1.71. The van der Waals surface area contributed by atoms with Crippen LogP contribution in [0.1, 0.15) is 21.7 Å². The maximum Gasteiger partial charge on any atom is 0.153 e. The maximum absolute atomic E-state index is 10.7. The van der Waals surface area contributed by atoms with Gasteiger partial charge in [-0.2, -0.15) is 0 Å². The third-order valence-corrected chi connectivity index (χ3v) is 2.55. The summed E-state index contributed by atoms with van der Waals surface area (Å²) >= 11 is 0. The number of aryl methyl sites for hydroxylation is 1. The summed E-state index contributed by atoms with van der Waals surface area (Å²) in [5.74, 6) is 0.663. The average Bonchev–Trinajstić information content (AvgIpc) is 2.44. The van der Waals surface area contributed by atoms with E-state index in [1.807, 2.05) is 0 Å². The molecule has 0 amide bonds. The van der Waals surface area contributed by atoms with Crippen LogP contribution in [0.3, 0.4) is 0 Å². The predicted octanol–water partition coefficient (Wildman–Crippen LogP) is 0.577. The Morgan fingerprint density at radius 3 is 3.00 bits per heavy atom. The molecule has 0 radical (unpaired) electrons. The van der Waals surface area contributed by atoms with Crippen LogP contribution in [0.15, 0.2) is 10.7 Å². The lowest BCUT2D eigenvalue weighted by molar-refractivity contribution is -0.00301. The van der Waals surface area contributed by atoms with Gasteiger partial charge in [-0.25, -0.2) is 0 Å². The van der Waals surface area contributed by atoms with E-state index >= 15 is 0 Å². The van der Waals surface area contributed by atoms with Gasteiger partial charge >= 0.3 is 0 Å². The van der Waals surface area contributed by atoms with E-state index in [1.54, 1.807) is 13.2 Å². The van der Waals surface area contributed by atoms with Crippen LogP contribution >= 0.6 is 0 Å². The number of β-amino-alcohol motifs (C(OH)–C–C–N with tert-alkyl or cyclic N) is 1. The van der Waals surface area contributed by atoms with Crippen LogP contribution in [0, 0.1) is 6.92 Å². The van der Waals surface area contributed by atoms with Gasteiger partial charge in [-0.05, 0) is 6.92 Å². The molecule has 1 saturated heterocycles. The Balaban J connectivity index is 2.05. The number of hydrogen-bond donors (Lipinski definition) is 1. The lowest BCUT2D eigenvalue weighted by Gasteiger charge is -2.35. The average molecular weight is 195 g/mol. The molecule has 0 bridgehead atoms. The lowest BCUT2D eigenvalue weighted by Crippen LogP contribution is -2.49. The Morgan fingerprint density at radius 2 is 2.43 bits per heavy atom. The molecule has 1 fully saturated rings. The fourth-order valence-electron chi connectivity index (χ4n) is 1.71. The molecule has 0 aliphatic carbocycles. The summed E-state index contributed by atoms with van der Waals surface area (Å²) in [4.78, 5) is 12.8. The van der Waals surface area contributed by atoms with Crippen LogP contribution in [0.5, 0.6) is 0 Å². The van der Waals surface area contributed by atoms with E-state index in [0.717, 1.165) is 11.8 Å². The zero-order valence-corrected chi connectivity index (χ0v) is 8.06. The maximum atomic E-state index is 10.7. The van der Waals surface area contributed by atoms with Crippen molar-refractivity contribution >= 4 is 6.29 Å². The fraction of sp³-hybridized carbons (Fsp3) is 0.500. The van der Waals surface area contributed by atoms with E-state index in [-0.39, 0.29) is 6.10 Å². The standard InChI is InChI=1S/C10H13NO3/c1-7-10(5-12)8(6-14-7)2-11-3-9(13)4-11/h5-6,9,13H,2-4H2,1H3. The number of nitrogens with zero attached hydrogens (tertiary/aromatic N) is 1. The SMILES string of the molecule is Cc1occ(CN2CC(O)C2)c1C=O. The van der Waals surface area contributed by atoms with Gasteiger partial charge < -0.3 is 9.52 Å². The normalized spacial score (nSPS) is 18.1. The summed E-state index contributed by atoms with van der Waals surface area (Å²) in [6, 6.07) is 0. The minimum Gasteiger partial charge on any atom is -0.469 e. The van der Waals surface area contributed by atoms with Crippen molar-refractivity contribution in [2.24, 2.45) is 0 Å². The van der Waals surface area contributed by atoms with E-state index in [1.165, 1.54) is 0 Å². The van der Waals surface area contributed by atoms with Gasteiger partial charge in [0, 0.05) is 25.2 Å². The van der Waals surface area contributed by atoms with Crippen molar-refractivity contribution in [3.8, 4) is 0 Å². The summed E-state index contributed by atoms with van der Waals surface area (Å²) in [7, 11) is 0. The van der Waals surface area contributed by atoms with E-state index in [9.17, 15) is 4.79 Å². The molecule has 0 spiro atoms. The Morgan fingerprint density at radius 1 is 1.71 bits per heavy atom. The van der Waals surface area contributed by atoms with Gasteiger partial charge in [0.15, 0.2) is 6.29 Å². The molecule has 0 atom stereocenters. The van der Waals surface area contributed by atoms with E-state index in [4.69, 9.17) is 9.52 Å². The number of carbonyl (C=O) groups is 1. The largest absolute Gasteiger partial charge is 0.469 e. The van der Waals surface area contributed by atoms with Crippen LogP contribution < -0.4 is 0 Å². The highest BCUT2D eigenvalue weighted by molar-refractivity contribution is 5.78. The molecule has 1 N–H and O–H groups in total. The number of carbonyl (C=O) groups excluding carboxylic acids is 1. The second kappa shape index (κ2) is 3.55. The van der Waals surface area contributed by atoms with Crippen molar-refractivity contribution in [3.05, 3.63) is 23.2 Å². The second-order valence-electron chi connectivity index (χ2n) is 3.70. The molecule has 2 rings (SSSR count). The van der Waals surface area contributed by atoms with Gasteiger partial charge in [0.05, 0.1) is 17.9 Å². The smallest absolute Gasteiger partial charge is 0.153 e. The first-order valence-corrected chi connectivity index (χ1v) is 4.63. The number of aliphatic hydroxyl groups is 1. The molecular formula is C10H13NO3. The molecule has 4 nitrogen and oxygen atoms in total. The van der Waals surface area contributed by atoms with Gasteiger partial charge in [0.1, 0.15) is 5.76 Å². The van der Waals surface area contributed by atoms with Crippen LogP contribution in [-0.4, -0.2) is 35.5 Å². The highest BCUT2D eigenvalue weighted by Crippen LogP contribution is 2.19. The highest BCUT2D eigenvalue weighted by atomic mass is 16.3. The molecule has 14 heavy (non-hydrogen) atoms. The summed E-state index contributed by atoms with van der Waals surface area (Å²) < 4.78 is 5.16. The number of furan rings is 1. The molecular weight excluding hydrogens is 182 g/mol.